The third kappa shape index (κ3) is 4.63. The second-order valence-corrected chi connectivity index (χ2v) is 12.8. The van der Waals surface area contributed by atoms with Crippen LogP contribution >= 0.6 is 0 Å². The van der Waals surface area contributed by atoms with Gasteiger partial charge in [-0.3, -0.25) is 4.57 Å². The number of nitrogens with zero attached hydrogens (tertiary/aromatic N) is 2. The van der Waals surface area contributed by atoms with Crippen LogP contribution in [0.15, 0.2) is 182 Å². The Hall–Kier alpha value is -6.71. The monoisotopic (exact) mass is 638 g/mol. The molecule has 0 saturated heterocycles. The van der Waals surface area contributed by atoms with E-state index in [2.05, 4.69) is 168 Å². The quantitative estimate of drug-likeness (QED) is 0.188. The highest BCUT2D eigenvalue weighted by molar-refractivity contribution is 6.10. The van der Waals surface area contributed by atoms with Crippen molar-refractivity contribution < 1.29 is 4.74 Å². The Labute approximate surface area is 290 Å². The van der Waals surface area contributed by atoms with Crippen LogP contribution in [0.1, 0.15) is 0 Å². The summed E-state index contributed by atoms with van der Waals surface area (Å²) in [5, 5.41) is 2.35. The zero-order chi connectivity index (χ0) is 33.0. The molecule has 8 aromatic carbocycles. The van der Waals surface area contributed by atoms with Crippen LogP contribution in [0.4, 0.5) is 0 Å². The Morgan fingerprint density at radius 2 is 1.02 bits per heavy atom. The fourth-order valence-electron chi connectivity index (χ4n) is 7.41. The number of fused-ring (bicyclic) bond motifs is 3. The van der Waals surface area contributed by atoms with Gasteiger partial charge in [-0.2, -0.15) is 0 Å². The van der Waals surface area contributed by atoms with Crippen LogP contribution in [-0.2, 0) is 0 Å². The highest BCUT2D eigenvalue weighted by Crippen LogP contribution is 2.49. The molecule has 9 aromatic rings. The van der Waals surface area contributed by atoms with Gasteiger partial charge in [0.15, 0.2) is 0 Å². The first-order valence-corrected chi connectivity index (χ1v) is 17.0. The Kier molecular flexibility index (Phi) is 6.49. The van der Waals surface area contributed by atoms with Crippen molar-refractivity contribution in [1.29, 1.82) is 0 Å². The molecule has 0 bridgehead atoms. The van der Waals surface area contributed by atoms with Crippen molar-refractivity contribution in [2.75, 3.05) is 0 Å². The maximum atomic E-state index is 6.57. The van der Waals surface area contributed by atoms with E-state index in [1.165, 1.54) is 38.8 Å². The van der Waals surface area contributed by atoms with Crippen LogP contribution in [0.2, 0.25) is 0 Å². The van der Waals surface area contributed by atoms with E-state index in [0.29, 0.717) is 0 Å². The second kappa shape index (κ2) is 11.5. The summed E-state index contributed by atoms with van der Waals surface area (Å²) in [6.45, 7) is 0. The molecule has 0 amide bonds. The molecule has 234 valence electrons. The minimum Gasteiger partial charge on any atom is -0.456 e. The SMILES string of the molecule is c1ccc(-c2ccc3c(c2)Oc2ccc(-c4ccc(-c5ccc(-n6c(-c7ccccc7)nc7ccccc76)cc5)cc4)c4cccc-3c24)cc1. The normalized spacial score (nSPS) is 11.8. The molecular weight excluding hydrogens is 609 g/mol. The Morgan fingerprint density at radius 1 is 0.400 bits per heavy atom. The fourth-order valence-corrected chi connectivity index (χ4v) is 7.41. The Balaban J connectivity index is 0.981. The molecule has 1 aromatic heterocycles. The lowest BCUT2D eigenvalue weighted by atomic mass is 9.89. The molecule has 0 aliphatic carbocycles. The van der Waals surface area contributed by atoms with E-state index in [0.717, 1.165) is 56.1 Å². The van der Waals surface area contributed by atoms with Crippen molar-refractivity contribution in [3.05, 3.63) is 182 Å². The summed E-state index contributed by atoms with van der Waals surface area (Å²) in [6.07, 6.45) is 0. The summed E-state index contributed by atoms with van der Waals surface area (Å²) in [6, 6.07) is 64.3. The molecule has 0 atom stereocenters. The number of hydrogen-bond donors (Lipinski definition) is 0. The maximum Gasteiger partial charge on any atom is 0.145 e. The predicted molar refractivity (Wildman–Crippen MR) is 206 cm³/mol. The molecule has 10 rings (SSSR count). The second-order valence-electron chi connectivity index (χ2n) is 12.8. The van der Waals surface area contributed by atoms with E-state index in [1.807, 2.05) is 18.2 Å². The van der Waals surface area contributed by atoms with Gasteiger partial charge in [-0.1, -0.05) is 140 Å². The third-order valence-electron chi connectivity index (χ3n) is 9.85. The average molecular weight is 639 g/mol. The summed E-state index contributed by atoms with van der Waals surface area (Å²) < 4.78 is 8.82. The topological polar surface area (TPSA) is 27.1 Å². The molecule has 1 aliphatic rings. The molecule has 0 N–H and O–H groups in total. The first-order chi connectivity index (χ1) is 24.8. The number of aromatic nitrogens is 2. The molecule has 3 heteroatoms. The minimum absolute atomic E-state index is 0.895. The van der Waals surface area contributed by atoms with E-state index < -0.39 is 0 Å². The van der Waals surface area contributed by atoms with Crippen LogP contribution in [-0.4, -0.2) is 9.55 Å². The van der Waals surface area contributed by atoms with E-state index in [4.69, 9.17) is 9.72 Å². The van der Waals surface area contributed by atoms with Gasteiger partial charge in [0.2, 0.25) is 0 Å². The maximum absolute atomic E-state index is 6.57. The molecule has 0 saturated carbocycles. The summed E-state index contributed by atoms with van der Waals surface area (Å²) in [4.78, 5) is 5.00. The predicted octanol–water partition coefficient (Wildman–Crippen LogP) is 12.6. The van der Waals surface area contributed by atoms with Crippen LogP contribution in [0.3, 0.4) is 0 Å². The van der Waals surface area contributed by atoms with Gasteiger partial charge >= 0.3 is 0 Å². The van der Waals surface area contributed by atoms with Gasteiger partial charge in [-0.05, 0) is 86.8 Å². The van der Waals surface area contributed by atoms with Crippen molar-refractivity contribution in [3.8, 4) is 73.1 Å². The lowest BCUT2D eigenvalue weighted by molar-refractivity contribution is 0.487. The minimum atomic E-state index is 0.895. The summed E-state index contributed by atoms with van der Waals surface area (Å²) in [7, 11) is 0. The third-order valence-corrected chi connectivity index (χ3v) is 9.85. The van der Waals surface area contributed by atoms with Gasteiger partial charge in [0.05, 0.1) is 11.0 Å². The standard InChI is InChI=1S/C47H30N2O/c1-3-10-31(11-4-1)36-24-27-39-41-15-9-14-40-38(28-29-44(46(40)41)50-45(39)30-36)34-20-18-32(19-21-34)33-22-25-37(26-23-33)49-43-17-8-7-16-42(43)48-47(49)35-12-5-2-6-13-35/h1-30H. The number of hydrogen-bond acceptors (Lipinski definition) is 2. The summed E-state index contributed by atoms with van der Waals surface area (Å²) >= 11 is 0. The van der Waals surface area contributed by atoms with E-state index in [-0.39, 0.29) is 0 Å². The molecule has 50 heavy (non-hydrogen) atoms. The van der Waals surface area contributed by atoms with Gasteiger partial charge in [-0.25, -0.2) is 4.98 Å². The first-order valence-electron chi connectivity index (χ1n) is 17.0. The smallest absolute Gasteiger partial charge is 0.145 e. The molecule has 0 radical (unpaired) electrons. The highest BCUT2D eigenvalue weighted by Gasteiger charge is 2.22. The number of rotatable bonds is 5. The van der Waals surface area contributed by atoms with E-state index in [9.17, 15) is 0 Å². The molecule has 2 heterocycles. The number of para-hydroxylation sites is 2. The largest absolute Gasteiger partial charge is 0.456 e. The molecule has 0 fully saturated rings. The van der Waals surface area contributed by atoms with Crippen molar-refractivity contribution >= 4 is 21.8 Å². The molecule has 0 unspecified atom stereocenters. The highest BCUT2D eigenvalue weighted by atomic mass is 16.5. The molecule has 0 spiro atoms. The molecule has 3 nitrogen and oxygen atoms in total. The Bertz CT molecular complexity index is 2690. The number of benzene rings is 8. The first kappa shape index (κ1) is 28.3. The van der Waals surface area contributed by atoms with Gasteiger partial charge < -0.3 is 4.74 Å². The molecular formula is C47H30N2O. The van der Waals surface area contributed by atoms with Crippen molar-refractivity contribution in [1.82, 2.24) is 9.55 Å². The van der Waals surface area contributed by atoms with Crippen LogP contribution < -0.4 is 4.74 Å². The summed E-state index contributed by atoms with van der Waals surface area (Å²) in [5.74, 6) is 2.73. The molecule has 1 aliphatic heterocycles. The van der Waals surface area contributed by atoms with Crippen molar-refractivity contribution in [3.63, 3.8) is 0 Å². The van der Waals surface area contributed by atoms with Crippen LogP contribution in [0, 0.1) is 0 Å². The van der Waals surface area contributed by atoms with E-state index in [1.54, 1.807) is 0 Å². The lowest BCUT2D eigenvalue weighted by Gasteiger charge is -2.23. The van der Waals surface area contributed by atoms with Gasteiger partial charge in [-0.15, -0.1) is 0 Å². The average Bonchev–Trinajstić information content (AvgIpc) is 3.59. The van der Waals surface area contributed by atoms with Crippen molar-refractivity contribution in [2.24, 2.45) is 0 Å². The lowest BCUT2D eigenvalue weighted by Crippen LogP contribution is -1.98. The number of ether oxygens (including phenoxy) is 1. The van der Waals surface area contributed by atoms with Gasteiger partial charge in [0.1, 0.15) is 17.3 Å². The van der Waals surface area contributed by atoms with E-state index >= 15 is 0 Å². The Morgan fingerprint density at radius 3 is 1.80 bits per heavy atom. The summed E-state index contributed by atoms with van der Waals surface area (Å²) in [5.41, 5.74) is 13.6. The van der Waals surface area contributed by atoms with Gasteiger partial charge in [0.25, 0.3) is 0 Å². The van der Waals surface area contributed by atoms with Gasteiger partial charge in [0, 0.05) is 22.2 Å². The zero-order valence-corrected chi connectivity index (χ0v) is 27.1. The van der Waals surface area contributed by atoms with Crippen molar-refractivity contribution in [2.45, 2.75) is 0 Å². The zero-order valence-electron chi connectivity index (χ0n) is 27.1. The van der Waals surface area contributed by atoms with Crippen LogP contribution in [0.5, 0.6) is 11.5 Å². The van der Waals surface area contributed by atoms with Crippen LogP contribution in [0.25, 0.3) is 83.4 Å². The number of imidazole rings is 1. The fraction of sp³-hybridized carbons (Fsp3) is 0.